The molecular weight excluding hydrogens is 314 g/mol. The van der Waals surface area contributed by atoms with Crippen LogP contribution in [-0.2, 0) is 4.79 Å². The van der Waals surface area contributed by atoms with Gasteiger partial charge in [0.25, 0.3) is 11.1 Å². The van der Waals surface area contributed by atoms with Crippen LogP contribution in [0.15, 0.2) is 56.7 Å². The molecule has 0 fully saturated rings. The third-order valence-corrected chi connectivity index (χ3v) is 4.04. The zero-order chi connectivity index (χ0) is 16.2. The van der Waals surface area contributed by atoms with Crippen molar-refractivity contribution in [2.75, 3.05) is 5.32 Å². The summed E-state index contributed by atoms with van der Waals surface area (Å²) in [6, 6.07) is 11.1. The van der Waals surface area contributed by atoms with Crippen molar-refractivity contribution in [3.8, 4) is 11.7 Å². The number of hydrogen-bond acceptors (Lipinski definition) is 6. The summed E-state index contributed by atoms with van der Waals surface area (Å²) in [5.41, 5.74) is 1.90. The quantitative estimate of drug-likeness (QED) is 0.718. The van der Waals surface area contributed by atoms with E-state index in [9.17, 15) is 4.79 Å². The smallest absolute Gasteiger partial charge is 0.284 e. The minimum Gasteiger partial charge on any atom is -0.459 e. The molecule has 0 radical (unpaired) electrons. The lowest BCUT2D eigenvalue weighted by Crippen LogP contribution is -2.22. The maximum Gasteiger partial charge on any atom is 0.284 e. The standard InChI is InChI=1S/C16H15N3O3S/c1-10-5-7-12(8-6-10)17-14(20)11(2)23-16-19-18-15(22-16)13-4-3-9-21-13/h3-9,11H,1-2H3,(H,17,20). The van der Waals surface area contributed by atoms with Crippen LogP contribution in [-0.4, -0.2) is 21.4 Å². The Hall–Kier alpha value is -2.54. The zero-order valence-electron chi connectivity index (χ0n) is 12.6. The Morgan fingerprint density at radius 2 is 2.00 bits per heavy atom. The van der Waals surface area contributed by atoms with Crippen molar-refractivity contribution < 1.29 is 13.6 Å². The lowest BCUT2D eigenvalue weighted by atomic mass is 10.2. The molecule has 0 aliphatic rings. The Labute approximate surface area is 137 Å². The number of nitrogens with one attached hydrogen (secondary N) is 1. The second-order valence-electron chi connectivity index (χ2n) is 4.97. The van der Waals surface area contributed by atoms with E-state index >= 15 is 0 Å². The average Bonchev–Trinajstić information content (AvgIpc) is 3.20. The predicted molar refractivity (Wildman–Crippen MR) is 87.1 cm³/mol. The molecule has 7 heteroatoms. The molecule has 6 nitrogen and oxygen atoms in total. The summed E-state index contributed by atoms with van der Waals surface area (Å²) in [5, 5.41) is 10.6. The number of hydrogen-bond donors (Lipinski definition) is 1. The van der Waals surface area contributed by atoms with Crippen LogP contribution in [0.2, 0.25) is 0 Å². The molecule has 23 heavy (non-hydrogen) atoms. The molecule has 0 aliphatic heterocycles. The first-order valence-corrected chi connectivity index (χ1v) is 7.91. The first-order valence-electron chi connectivity index (χ1n) is 7.03. The summed E-state index contributed by atoms with van der Waals surface area (Å²) in [6.07, 6.45) is 1.53. The van der Waals surface area contributed by atoms with E-state index in [0.29, 0.717) is 16.9 Å². The van der Waals surface area contributed by atoms with Crippen LogP contribution >= 0.6 is 11.8 Å². The van der Waals surface area contributed by atoms with Gasteiger partial charge in [0.05, 0.1) is 11.5 Å². The maximum absolute atomic E-state index is 12.2. The van der Waals surface area contributed by atoms with Gasteiger partial charge in [0.2, 0.25) is 5.91 Å². The van der Waals surface area contributed by atoms with E-state index in [0.717, 1.165) is 11.3 Å². The molecule has 0 aliphatic carbocycles. The van der Waals surface area contributed by atoms with E-state index in [4.69, 9.17) is 8.83 Å². The molecule has 118 valence electrons. The van der Waals surface area contributed by atoms with E-state index in [1.54, 1.807) is 19.1 Å². The number of nitrogens with zero attached hydrogens (tertiary/aromatic N) is 2. The molecule has 1 aromatic carbocycles. The van der Waals surface area contributed by atoms with Crippen LogP contribution in [0, 0.1) is 6.92 Å². The lowest BCUT2D eigenvalue weighted by molar-refractivity contribution is -0.115. The van der Waals surface area contributed by atoms with Gasteiger partial charge in [-0.3, -0.25) is 4.79 Å². The molecular formula is C16H15N3O3S. The van der Waals surface area contributed by atoms with Gasteiger partial charge < -0.3 is 14.2 Å². The van der Waals surface area contributed by atoms with E-state index in [2.05, 4.69) is 15.5 Å². The van der Waals surface area contributed by atoms with Gasteiger partial charge in [-0.25, -0.2) is 0 Å². The van der Waals surface area contributed by atoms with E-state index < -0.39 is 0 Å². The number of amides is 1. The van der Waals surface area contributed by atoms with Crippen LogP contribution in [0.1, 0.15) is 12.5 Å². The Bertz CT molecular complexity index is 781. The number of furan rings is 1. The second-order valence-corrected chi connectivity index (χ2v) is 6.26. The number of anilines is 1. The SMILES string of the molecule is Cc1ccc(NC(=O)C(C)Sc2nnc(-c3ccco3)o2)cc1. The van der Waals surface area contributed by atoms with Gasteiger partial charge in [-0.2, -0.15) is 0 Å². The third-order valence-electron chi connectivity index (χ3n) is 3.10. The predicted octanol–water partition coefficient (Wildman–Crippen LogP) is 3.76. The van der Waals surface area contributed by atoms with E-state index in [1.165, 1.54) is 18.0 Å². The third kappa shape index (κ3) is 3.81. The molecule has 0 saturated heterocycles. The molecule has 3 aromatic rings. The van der Waals surface area contributed by atoms with Gasteiger partial charge in [0.1, 0.15) is 0 Å². The van der Waals surface area contributed by atoms with Crippen molar-refractivity contribution in [1.82, 2.24) is 10.2 Å². The molecule has 1 amide bonds. The van der Waals surface area contributed by atoms with Crippen LogP contribution in [0.3, 0.4) is 0 Å². The van der Waals surface area contributed by atoms with Gasteiger partial charge in [0.15, 0.2) is 5.76 Å². The summed E-state index contributed by atoms with van der Waals surface area (Å²) in [4.78, 5) is 12.2. The fourth-order valence-electron chi connectivity index (χ4n) is 1.84. The van der Waals surface area contributed by atoms with Crippen LogP contribution in [0.5, 0.6) is 0 Å². The number of aryl methyl sites for hydroxylation is 1. The number of carbonyl (C=O) groups is 1. The summed E-state index contributed by atoms with van der Waals surface area (Å²) >= 11 is 1.20. The Kier molecular flexibility index (Phi) is 4.47. The van der Waals surface area contributed by atoms with Crippen LogP contribution in [0.4, 0.5) is 5.69 Å². The number of rotatable bonds is 5. The van der Waals surface area contributed by atoms with Gasteiger partial charge in [0, 0.05) is 5.69 Å². The Morgan fingerprint density at radius 3 is 2.70 bits per heavy atom. The molecule has 1 unspecified atom stereocenters. The monoisotopic (exact) mass is 329 g/mol. The van der Waals surface area contributed by atoms with Crippen molar-refractivity contribution in [3.05, 3.63) is 48.2 Å². The number of aromatic nitrogens is 2. The summed E-state index contributed by atoms with van der Waals surface area (Å²) in [7, 11) is 0. The van der Waals surface area contributed by atoms with Crippen molar-refractivity contribution in [1.29, 1.82) is 0 Å². The second kappa shape index (κ2) is 6.70. The Morgan fingerprint density at radius 1 is 1.22 bits per heavy atom. The van der Waals surface area contributed by atoms with Crippen LogP contribution in [0.25, 0.3) is 11.7 Å². The van der Waals surface area contributed by atoms with E-state index in [-0.39, 0.29) is 11.2 Å². The first-order chi connectivity index (χ1) is 11.1. The zero-order valence-corrected chi connectivity index (χ0v) is 13.5. The largest absolute Gasteiger partial charge is 0.459 e. The molecule has 1 N–H and O–H groups in total. The summed E-state index contributed by atoms with van der Waals surface area (Å²) < 4.78 is 10.7. The highest BCUT2D eigenvalue weighted by Gasteiger charge is 2.19. The molecule has 0 spiro atoms. The fraction of sp³-hybridized carbons (Fsp3) is 0.188. The molecule has 2 heterocycles. The molecule has 1 atom stereocenters. The van der Waals surface area contributed by atoms with Crippen molar-refractivity contribution in [2.45, 2.75) is 24.3 Å². The van der Waals surface area contributed by atoms with Gasteiger partial charge in [-0.15, -0.1) is 10.2 Å². The maximum atomic E-state index is 12.2. The topological polar surface area (TPSA) is 81.2 Å². The minimum absolute atomic E-state index is 0.128. The number of benzene rings is 1. The minimum atomic E-state index is -0.374. The summed E-state index contributed by atoms with van der Waals surface area (Å²) in [5.74, 6) is 0.668. The fourth-order valence-corrected chi connectivity index (χ4v) is 2.53. The average molecular weight is 329 g/mol. The van der Waals surface area contributed by atoms with Crippen molar-refractivity contribution in [2.24, 2.45) is 0 Å². The molecule has 2 aromatic heterocycles. The number of carbonyl (C=O) groups excluding carboxylic acids is 1. The highest BCUT2D eigenvalue weighted by atomic mass is 32.2. The van der Waals surface area contributed by atoms with Crippen molar-refractivity contribution in [3.63, 3.8) is 0 Å². The van der Waals surface area contributed by atoms with Gasteiger partial charge >= 0.3 is 0 Å². The van der Waals surface area contributed by atoms with Gasteiger partial charge in [-0.05, 0) is 38.1 Å². The molecule has 0 bridgehead atoms. The Balaban J connectivity index is 1.61. The normalized spacial score (nSPS) is 12.1. The highest BCUT2D eigenvalue weighted by Crippen LogP contribution is 2.26. The summed E-state index contributed by atoms with van der Waals surface area (Å²) in [6.45, 7) is 3.78. The lowest BCUT2D eigenvalue weighted by Gasteiger charge is -2.09. The first kappa shape index (κ1) is 15.4. The van der Waals surface area contributed by atoms with Crippen LogP contribution < -0.4 is 5.32 Å². The highest BCUT2D eigenvalue weighted by molar-refractivity contribution is 8.00. The molecule has 3 rings (SSSR count). The molecule has 0 saturated carbocycles. The van der Waals surface area contributed by atoms with E-state index in [1.807, 2.05) is 31.2 Å². The van der Waals surface area contributed by atoms with Gasteiger partial charge in [-0.1, -0.05) is 29.5 Å². The number of thioether (sulfide) groups is 1. The van der Waals surface area contributed by atoms with Crippen molar-refractivity contribution >= 4 is 23.4 Å².